The molecule has 2 amide bonds. The summed E-state index contributed by atoms with van der Waals surface area (Å²) in [4.78, 5) is 32.3. The van der Waals surface area contributed by atoms with Gasteiger partial charge in [0, 0.05) is 35.6 Å². The molecule has 4 aromatic rings. The molecule has 3 N–H and O–H groups in total. The number of rotatable bonds is 5. The fraction of sp³-hybridized carbons (Fsp3) is 0.227. The Morgan fingerprint density at radius 1 is 1.14 bits per heavy atom. The highest BCUT2D eigenvalue weighted by Crippen LogP contribution is 2.19. The number of carbonyl (C=O) groups is 2. The Bertz CT molecular complexity index is 1200. The first-order valence-corrected chi connectivity index (χ1v) is 9.68. The number of aryl methyl sites for hydroxylation is 3. The van der Waals surface area contributed by atoms with Crippen LogP contribution in [0.4, 0.5) is 0 Å². The molecular weight excluding hydrogens is 366 g/mol. The van der Waals surface area contributed by atoms with E-state index in [0.29, 0.717) is 12.0 Å². The maximum Gasteiger partial charge on any atom is 0.269 e. The zero-order chi connectivity index (χ0) is 20.4. The number of aromatic amines is 1. The number of hydrogen-bond donors (Lipinski definition) is 3. The highest BCUT2D eigenvalue weighted by atomic mass is 16.2. The zero-order valence-electron chi connectivity index (χ0n) is 16.5. The molecule has 4 rings (SSSR count). The molecular formula is C22H23N5O2. The minimum Gasteiger partial charge on any atom is -0.361 e. The molecule has 148 valence electrons. The lowest BCUT2D eigenvalue weighted by atomic mass is 10.1. The van der Waals surface area contributed by atoms with Crippen LogP contribution in [0.15, 0.2) is 48.7 Å². The second kappa shape index (κ2) is 7.79. The van der Waals surface area contributed by atoms with E-state index in [9.17, 15) is 9.59 Å². The Kier molecular flexibility index (Phi) is 5.03. The molecule has 29 heavy (non-hydrogen) atoms. The van der Waals surface area contributed by atoms with Crippen LogP contribution in [-0.2, 0) is 17.8 Å². The smallest absolute Gasteiger partial charge is 0.269 e. The zero-order valence-corrected chi connectivity index (χ0v) is 16.5. The van der Waals surface area contributed by atoms with E-state index in [0.717, 1.165) is 39.9 Å². The molecule has 7 nitrogen and oxygen atoms in total. The first-order chi connectivity index (χ1) is 14.1. The Hall–Kier alpha value is -3.61. The van der Waals surface area contributed by atoms with E-state index in [-0.39, 0.29) is 18.2 Å². The number of carbonyl (C=O) groups excluding carboxylic acids is 2. The summed E-state index contributed by atoms with van der Waals surface area (Å²) in [5.41, 5.74) is 9.32. The van der Waals surface area contributed by atoms with Gasteiger partial charge in [0.2, 0.25) is 5.91 Å². The number of imidazole rings is 1. The number of amides is 2. The summed E-state index contributed by atoms with van der Waals surface area (Å²) >= 11 is 0. The van der Waals surface area contributed by atoms with Gasteiger partial charge in [0.05, 0.1) is 11.0 Å². The van der Waals surface area contributed by atoms with Gasteiger partial charge in [-0.05, 0) is 50.1 Å². The Labute approximate surface area is 168 Å². The van der Waals surface area contributed by atoms with Gasteiger partial charge in [-0.1, -0.05) is 18.2 Å². The average Bonchev–Trinajstić information content (AvgIpc) is 3.29. The number of hydrazine groups is 1. The second-order valence-corrected chi connectivity index (χ2v) is 6.97. The molecule has 0 aliphatic rings. The summed E-state index contributed by atoms with van der Waals surface area (Å²) < 4.78 is 2.09. The second-order valence-electron chi connectivity index (χ2n) is 6.97. The monoisotopic (exact) mass is 389 g/mol. The number of nitrogens with zero attached hydrogens (tertiary/aromatic N) is 2. The maximum atomic E-state index is 12.4. The van der Waals surface area contributed by atoms with E-state index in [2.05, 4.69) is 32.3 Å². The molecule has 2 heterocycles. The fourth-order valence-corrected chi connectivity index (χ4v) is 3.64. The number of benzene rings is 2. The van der Waals surface area contributed by atoms with Crippen molar-refractivity contribution in [2.45, 2.75) is 33.2 Å². The Morgan fingerprint density at radius 3 is 2.79 bits per heavy atom. The van der Waals surface area contributed by atoms with Crippen molar-refractivity contribution >= 4 is 33.8 Å². The fourth-order valence-electron chi connectivity index (χ4n) is 3.64. The van der Waals surface area contributed by atoms with Gasteiger partial charge in [-0.3, -0.25) is 20.4 Å². The van der Waals surface area contributed by atoms with E-state index < -0.39 is 0 Å². The molecule has 0 spiro atoms. The van der Waals surface area contributed by atoms with Crippen molar-refractivity contribution in [3.8, 4) is 0 Å². The number of nitrogens with one attached hydrogen (secondary N) is 3. The van der Waals surface area contributed by atoms with Crippen LogP contribution >= 0.6 is 0 Å². The third-order valence-corrected chi connectivity index (χ3v) is 5.13. The molecule has 2 aromatic carbocycles. The topological polar surface area (TPSA) is 91.8 Å². The van der Waals surface area contributed by atoms with E-state index in [1.165, 1.54) is 0 Å². The van der Waals surface area contributed by atoms with Crippen LogP contribution in [0, 0.1) is 6.92 Å². The molecule has 2 aromatic heterocycles. The molecule has 0 radical (unpaired) electrons. The molecule has 0 atom stereocenters. The van der Waals surface area contributed by atoms with Crippen molar-refractivity contribution in [2.75, 3.05) is 0 Å². The quantitative estimate of drug-likeness (QED) is 0.458. The van der Waals surface area contributed by atoms with E-state index in [4.69, 9.17) is 0 Å². The van der Waals surface area contributed by atoms with Crippen LogP contribution in [0.3, 0.4) is 0 Å². The van der Waals surface area contributed by atoms with Crippen molar-refractivity contribution in [3.63, 3.8) is 0 Å². The van der Waals surface area contributed by atoms with Crippen LogP contribution in [0.5, 0.6) is 0 Å². The van der Waals surface area contributed by atoms with Crippen LogP contribution in [-0.4, -0.2) is 26.3 Å². The lowest BCUT2D eigenvalue weighted by molar-refractivity contribution is -0.121. The summed E-state index contributed by atoms with van der Waals surface area (Å²) in [6.07, 6.45) is 2.79. The third kappa shape index (κ3) is 3.71. The first kappa shape index (κ1) is 18.7. The van der Waals surface area contributed by atoms with Gasteiger partial charge < -0.3 is 9.55 Å². The molecule has 0 saturated carbocycles. The number of aromatic nitrogens is 3. The number of H-pyrrole nitrogens is 1. The Morgan fingerprint density at radius 2 is 1.97 bits per heavy atom. The highest BCUT2D eigenvalue weighted by Gasteiger charge is 2.12. The molecule has 7 heteroatoms. The van der Waals surface area contributed by atoms with Crippen molar-refractivity contribution in [1.29, 1.82) is 0 Å². The lowest BCUT2D eigenvalue weighted by Crippen LogP contribution is -2.41. The molecule has 0 aliphatic carbocycles. The van der Waals surface area contributed by atoms with Gasteiger partial charge in [0.1, 0.15) is 5.82 Å². The summed E-state index contributed by atoms with van der Waals surface area (Å²) in [5.74, 6) is 0.303. The lowest BCUT2D eigenvalue weighted by Gasteiger charge is -2.08. The molecule has 0 bridgehead atoms. The van der Waals surface area contributed by atoms with Crippen molar-refractivity contribution in [1.82, 2.24) is 25.4 Å². The van der Waals surface area contributed by atoms with E-state index in [1.807, 2.05) is 43.5 Å². The minimum absolute atomic E-state index is 0.240. The van der Waals surface area contributed by atoms with Gasteiger partial charge in [0.15, 0.2) is 0 Å². The van der Waals surface area contributed by atoms with Gasteiger partial charge in [-0.25, -0.2) is 4.98 Å². The number of para-hydroxylation sites is 1. The SMILES string of the molecule is CCn1c(C)nc2cc(C(=O)NNC(=O)CCc3c[nH]c4ccccc34)ccc21. The Balaban J connectivity index is 1.35. The van der Waals surface area contributed by atoms with Gasteiger partial charge in [0.25, 0.3) is 5.91 Å². The maximum absolute atomic E-state index is 12.4. The average molecular weight is 389 g/mol. The van der Waals surface area contributed by atoms with Gasteiger partial charge in [-0.15, -0.1) is 0 Å². The van der Waals surface area contributed by atoms with E-state index >= 15 is 0 Å². The molecule has 0 saturated heterocycles. The van der Waals surface area contributed by atoms with E-state index in [1.54, 1.807) is 12.1 Å². The largest absolute Gasteiger partial charge is 0.361 e. The molecule has 0 fully saturated rings. The molecule has 0 unspecified atom stereocenters. The van der Waals surface area contributed by atoms with Crippen LogP contribution in [0.1, 0.15) is 35.1 Å². The first-order valence-electron chi connectivity index (χ1n) is 9.68. The predicted octanol–water partition coefficient (Wildman–Crippen LogP) is 3.24. The van der Waals surface area contributed by atoms with Crippen LogP contribution < -0.4 is 10.9 Å². The third-order valence-electron chi connectivity index (χ3n) is 5.13. The van der Waals surface area contributed by atoms with Crippen LogP contribution in [0.2, 0.25) is 0 Å². The minimum atomic E-state index is -0.365. The van der Waals surface area contributed by atoms with Gasteiger partial charge >= 0.3 is 0 Å². The summed E-state index contributed by atoms with van der Waals surface area (Å²) in [7, 11) is 0. The predicted molar refractivity (Wildman–Crippen MR) is 112 cm³/mol. The van der Waals surface area contributed by atoms with Crippen molar-refractivity contribution in [2.24, 2.45) is 0 Å². The number of hydrogen-bond acceptors (Lipinski definition) is 3. The van der Waals surface area contributed by atoms with Gasteiger partial charge in [-0.2, -0.15) is 0 Å². The summed E-state index contributed by atoms with van der Waals surface area (Å²) in [5, 5.41) is 1.11. The van der Waals surface area contributed by atoms with Crippen molar-refractivity contribution in [3.05, 3.63) is 65.6 Å². The van der Waals surface area contributed by atoms with Crippen LogP contribution in [0.25, 0.3) is 21.9 Å². The number of fused-ring (bicyclic) bond motifs is 2. The normalized spacial score (nSPS) is 11.1. The summed E-state index contributed by atoms with van der Waals surface area (Å²) in [6.45, 7) is 4.82. The summed E-state index contributed by atoms with van der Waals surface area (Å²) in [6, 6.07) is 13.3. The molecule has 0 aliphatic heterocycles. The van der Waals surface area contributed by atoms with Crippen molar-refractivity contribution < 1.29 is 9.59 Å². The highest BCUT2D eigenvalue weighted by molar-refractivity contribution is 5.98. The standard InChI is InChI=1S/C22H23N5O2/c1-3-27-14(2)24-19-12-15(8-10-20(19)27)22(29)26-25-21(28)11-9-16-13-23-18-7-5-4-6-17(16)18/h4-8,10,12-13,23H,3,9,11H2,1-2H3,(H,25,28)(H,26,29).